The molecule has 0 spiro atoms. The topological polar surface area (TPSA) is 41.6 Å². The van der Waals surface area contributed by atoms with Crippen molar-refractivity contribution in [3.63, 3.8) is 0 Å². The molecule has 0 atom stereocenters. The molecule has 1 saturated carbocycles. The maximum atomic E-state index is 9.28. The highest BCUT2D eigenvalue weighted by molar-refractivity contribution is 5.87. The van der Waals surface area contributed by atoms with Crippen molar-refractivity contribution >= 4 is 10.9 Å². The van der Waals surface area contributed by atoms with E-state index >= 15 is 0 Å². The van der Waals surface area contributed by atoms with Crippen LogP contribution in [0.25, 0.3) is 10.9 Å². The Bertz CT molecular complexity index is 627. The van der Waals surface area contributed by atoms with E-state index in [2.05, 4.69) is 21.7 Å². The second-order valence-corrected chi connectivity index (χ2v) is 4.87. The fourth-order valence-electron chi connectivity index (χ4n) is 2.69. The largest absolute Gasteiger partial charge is 0.340 e. The summed E-state index contributed by atoms with van der Waals surface area (Å²) in [7, 11) is 0. The molecule has 3 heteroatoms. The highest BCUT2D eigenvalue weighted by Crippen LogP contribution is 2.38. The van der Waals surface area contributed by atoms with Crippen molar-refractivity contribution in [3.8, 4) is 6.07 Å². The first kappa shape index (κ1) is 10.3. The van der Waals surface area contributed by atoms with Crippen LogP contribution in [0.2, 0.25) is 0 Å². The number of nitrogens with zero attached hydrogens (tertiary/aromatic N) is 3. The number of rotatable bonds is 1. The molecule has 0 unspecified atom stereocenters. The normalized spacial score (nSPS) is 15.8. The first-order chi connectivity index (χ1) is 8.22. The standard InChI is InChI=1S/C14H15N3/c1-9-6-14-13(8-16-9)12(7-15)10(2)17(14)11-4-3-5-11/h6,8,11H,3-5H2,1-2H3. The Hall–Kier alpha value is -1.82. The average Bonchev–Trinajstić information content (AvgIpc) is 2.50. The molecule has 0 saturated heterocycles. The van der Waals surface area contributed by atoms with E-state index in [0.29, 0.717) is 6.04 Å². The molecule has 0 aromatic carbocycles. The molecule has 3 rings (SSSR count). The number of aryl methyl sites for hydroxylation is 1. The third-order valence-corrected chi connectivity index (χ3v) is 3.82. The first-order valence-electron chi connectivity index (χ1n) is 6.09. The summed E-state index contributed by atoms with van der Waals surface area (Å²) in [5.74, 6) is 0. The molecule has 3 nitrogen and oxygen atoms in total. The molecule has 86 valence electrons. The molecule has 2 aromatic rings. The summed E-state index contributed by atoms with van der Waals surface area (Å²) < 4.78 is 2.34. The van der Waals surface area contributed by atoms with Gasteiger partial charge in [0.15, 0.2) is 0 Å². The summed E-state index contributed by atoms with van der Waals surface area (Å²) in [6.07, 6.45) is 5.61. The quantitative estimate of drug-likeness (QED) is 0.747. The van der Waals surface area contributed by atoms with Crippen LogP contribution in [0.3, 0.4) is 0 Å². The zero-order chi connectivity index (χ0) is 12.0. The van der Waals surface area contributed by atoms with Gasteiger partial charge in [0.2, 0.25) is 0 Å². The molecule has 2 heterocycles. The van der Waals surface area contributed by atoms with Gasteiger partial charge in [0.05, 0.1) is 11.1 Å². The van der Waals surface area contributed by atoms with Crippen LogP contribution >= 0.6 is 0 Å². The van der Waals surface area contributed by atoms with Crippen molar-refractivity contribution in [1.29, 1.82) is 5.26 Å². The Morgan fingerprint density at radius 3 is 2.76 bits per heavy atom. The lowest BCUT2D eigenvalue weighted by molar-refractivity contribution is 0.317. The van der Waals surface area contributed by atoms with E-state index in [-0.39, 0.29) is 0 Å². The minimum Gasteiger partial charge on any atom is -0.340 e. The van der Waals surface area contributed by atoms with E-state index in [1.54, 1.807) is 0 Å². The van der Waals surface area contributed by atoms with Crippen molar-refractivity contribution in [2.24, 2.45) is 0 Å². The van der Waals surface area contributed by atoms with Crippen LogP contribution in [0.15, 0.2) is 12.3 Å². The van der Waals surface area contributed by atoms with Crippen LogP contribution in [0.4, 0.5) is 0 Å². The lowest BCUT2D eigenvalue weighted by Gasteiger charge is -2.29. The Balaban J connectivity index is 2.35. The van der Waals surface area contributed by atoms with Crippen molar-refractivity contribution in [1.82, 2.24) is 9.55 Å². The Kier molecular flexibility index (Phi) is 2.19. The van der Waals surface area contributed by atoms with E-state index < -0.39 is 0 Å². The predicted molar refractivity (Wildman–Crippen MR) is 66.8 cm³/mol. The minimum atomic E-state index is 0.585. The third kappa shape index (κ3) is 1.37. The fourth-order valence-corrected chi connectivity index (χ4v) is 2.69. The second-order valence-electron chi connectivity index (χ2n) is 4.87. The van der Waals surface area contributed by atoms with Crippen LogP contribution in [0.1, 0.15) is 42.3 Å². The monoisotopic (exact) mass is 225 g/mol. The number of nitriles is 1. The smallest absolute Gasteiger partial charge is 0.102 e. The van der Waals surface area contributed by atoms with Gasteiger partial charge in [0, 0.05) is 29.0 Å². The fraction of sp³-hybridized carbons (Fsp3) is 0.429. The zero-order valence-corrected chi connectivity index (χ0v) is 10.2. The molecule has 1 aliphatic rings. The van der Waals surface area contributed by atoms with Gasteiger partial charge in [-0.15, -0.1) is 0 Å². The van der Waals surface area contributed by atoms with Gasteiger partial charge >= 0.3 is 0 Å². The maximum absolute atomic E-state index is 9.28. The van der Waals surface area contributed by atoms with E-state index in [1.165, 1.54) is 24.8 Å². The SMILES string of the molecule is Cc1cc2c(cn1)c(C#N)c(C)n2C1CCC1. The van der Waals surface area contributed by atoms with Gasteiger partial charge < -0.3 is 4.57 Å². The number of pyridine rings is 1. The van der Waals surface area contributed by atoms with Gasteiger partial charge in [0.1, 0.15) is 6.07 Å². The predicted octanol–water partition coefficient (Wildman–Crippen LogP) is 3.25. The number of hydrogen-bond donors (Lipinski definition) is 0. The molecule has 0 amide bonds. The summed E-state index contributed by atoms with van der Waals surface area (Å²) in [6, 6.07) is 5.00. The van der Waals surface area contributed by atoms with Crippen LogP contribution in [0.5, 0.6) is 0 Å². The molecular weight excluding hydrogens is 210 g/mol. The van der Waals surface area contributed by atoms with Gasteiger partial charge in [-0.2, -0.15) is 5.26 Å². The molecular formula is C14H15N3. The molecule has 0 radical (unpaired) electrons. The zero-order valence-electron chi connectivity index (χ0n) is 10.2. The molecule has 17 heavy (non-hydrogen) atoms. The van der Waals surface area contributed by atoms with Gasteiger partial charge in [-0.3, -0.25) is 4.98 Å². The second kappa shape index (κ2) is 3.59. The molecule has 0 N–H and O–H groups in total. The summed E-state index contributed by atoms with van der Waals surface area (Å²) in [5, 5.41) is 10.3. The van der Waals surface area contributed by atoms with Crippen LogP contribution in [-0.4, -0.2) is 9.55 Å². The van der Waals surface area contributed by atoms with E-state index in [1.807, 2.05) is 20.0 Å². The van der Waals surface area contributed by atoms with Gasteiger partial charge in [-0.25, -0.2) is 0 Å². The lowest BCUT2D eigenvalue weighted by Crippen LogP contribution is -2.18. The molecule has 1 fully saturated rings. The summed E-state index contributed by atoms with van der Waals surface area (Å²) >= 11 is 0. The highest BCUT2D eigenvalue weighted by Gasteiger charge is 2.25. The summed E-state index contributed by atoms with van der Waals surface area (Å²) in [4.78, 5) is 4.31. The highest BCUT2D eigenvalue weighted by atomic mass is 15.0. The van der Waals surface area contributed by atoms with Crippen molar-refractivity contribution in [2.75, 3.05) is 0 Å². The van der Waals surface area contributed by atoms with E-state index in [9.17, 15) is 5.26 Å². The Morgan fingerprint density at radius 2 is 2.18 bits per heavy atom. The van der Waals surface area contributed by atoms with Crippen LogP contribution in [-0.2, 0) is 0 Å². The van der Waals surface area contributed by atoms with Gasteiger partial charge in [-0.1, -0.05) is 0 Å². The number of hydrogen-bond acceptors (Lipinski definition) is 2. The third-order valence-electron chi connectivity index (χ3n) is 3.82. The van der Waals surface area contributed by atoms with Crippen LogP contribution in [0, 0.1) is 25.2 Å². The van der Waals surface area contributed by atoms with Crippen molar-refractivity contribution in [3.05, 3.63) is 29.2 Å². The minimum absolute atomic E-state index is 0.585. The lowest BCUT2D eigenvalue weighted by atomic mass is 9.92. The summed E-state index contributed by atoms with van der Waals surface area (Å²) in [5.41, 5.74) is 4.08. The number of aromatic nitrogens is 2. The van der Waals surface area contributed by atoms with Gasteiger partial charge in [-0.05, 0) is 39.2 Å². The molecule has 1 aliphatic carbocycles. The molecule has 0 aliphatic heterocycles. The summed E-state index contributed by atoms with van der Waals surface area (Å²) in [6.45, 7) is 4.05. The average molecular weight is 225 g/mol. The van der Waals surface area contributed by atoms with Crippen molar-refractivity contribution < 1.29 is 0 Å². The first-order valence-corrected chi connectivity index (χ1v) is 6.09. The number of fused-ring (bicyclic) bond motifs is 1. The Morgan fingerprint density at radius 1 is 1.41 bits per heavy atom. The Labute approximate surface area is 101 Å². The molecule has 0 bridgehead atoms. The van der Waals surface area contributed by atoms with Crippen molar-refractivity contribution in [2.45, 2.75) is 39.2 Å². The van der Waals surface area contributed by atoms with Crippen LogP contribution < -0.4 is 0 Å². The maximum Gasteiger partial charge on any atom is 0.102 e. The molecule has 2 aromatic heterocycles. The van der Waals surface area contributed by atoms with E-state index in [0.717, 1.165) is 22.3 Å². The van der Waals surface area contributed by atoms with E-state index in [4.69, 9.17) is 0 Å². The van der Waals surface area contributed by atoms with Gasteiger partial charge in [0.25, 0.3) is 0 Å².